The van der Waals surface area contributed by atoms with Gasteiger partial charge in [0.1, 0.15) is 0 Å². The minimum Gasteiger partial charge on any atom is -0.513 e. The van der Waals surface area contributed by atoms with Gasteiger partial charge >= 0.3 is 0 Å². The second kappa shape index (κ2) is 3.53. The molecule has 0 fully saturated rings. The van der Waals surface area contributed by atoms with Crippen LogP contribution in [0.2, 0.25) is 0 Å². The van der Waals surface area contributed by atoms with Crippen LogP contribution in [0.15, 0.2) is 11.8 Å². The topological polar surface area (TPSA) is 20.2 Å². The van der Waals surface area contributed by atoms with E-state index in [1.165, 1.54) is 0 Å². The maximum Gasteiger partial charge on any atom is 0.0882 e. The summed E-state index contributed by atoms with van der Waals surface area (Å²) in [5.41, 5.74) is 0. The molecule has 0 amide bonds. The molecule has 1 heteroatoms. The molecule has 0 saturated heterocycles. The van der Waals surface area contributed by atoms with Crippen LogP contribution in [0.1, 0.15) is 27.2 Å². The fraction of sp³-hybridized carbons (Fsp3) is 0.714. The van der Waals surface area contributed by atoms with E-state index in [1.54, 1.807) is 6.08 Å². The summed E-state index contributed by atoms with van der Waals surface area (Å²) >= 11 is 0. The lowest BCUT2D eigenvalue weighted by Crippen LogP contribution is -1.88. The van der Waals surface area contributed by atoms with Crippen LogP contribution in [-0.2, 0) is 0 Å². The monoisotopic (exact) mass is 114 g/mol. The minimum absolute atomic E-state index is 0.500. The molecule has 0 aliphatic rings. The molecule has 1 nitrogen and oxygen atoms in total. The Hall–Kier alpha value is -0.460. The van der Waals surface area contributed by atoms with E-state index in [2.05, 4.69) is 13.8 Å². The van der Waals surface area contributed by atoms with E-state index in [0.29, 0.717) is 11.7 Å². The predicted molar refractivity (Wildman–Crippen MR) is 35.8 cm³/mol. The molecule has 0 aromatic carbocycles. The third kappa shape index (κ3) is 3.72. The maximum atomic E-state index is 8.89. The predicted octanol–water partition coefficient (Wildman–Crippen LogP) is 2.49. The fourth-order valence-electron chi connectivity index (χ4n) is 0.536. The highest BCUT2D eigenvalue weighted by molar-refractivity contribution is 4.87. The Bertz CT molecular complexity index is 82.4. The molecular formula is C7H14O. The lowest BCUT2D eigenvalue weighted by Gasteiger charge is -2.00. The van der Waals surface area contributed by atoms with Crippen molar-refractivity contribution in [2.45, 2.75) is 27.2 Å². The zero-order chi connectivity index (χ0) is 6.57. The molecule has 0 rings (SSSR count). The molecule has 0 aliphatic carbocycles. The van der Waals surface area contributed by atoms with E-state index in [1.807, 2.05) is 6.92 Å². The van der Waals surface area contributed by atoms with E-state index < -0.39 is 0 Å². The van der Waals surface area contributed by atoms with Gasteiger partial charge in [0, 0.05) is 6.42 Å². The molecule has 0 spiro atoms. The van der Waals surface area contributed by atoms with Crippen LogP contribution in [-0.4, -0.2) is 5.11 Å². The number of aliphatic hydroxyl groups excluding tert-OH is 1. The van der Waals surface area contributed by atoms with Crippen molar-refractivity contribution in [2.75, 3.05) is 0 Å². The Morgan fingerprint density at radius 3 is 2.25 bits per heavy atom. The molecule has 0 aromatic rings. The Labute approximate surface area is 51.0 Å². The highest BCUT2D eigenvalue weighted by atomic mass is 16.3. The largest absolute Gasteiger partial charge is 0.513 e. The van der Waals surface area contributed by atoms with Gasteiger partial charge in [-0.1, -0.05) is 13.8 Å². The molecule has 8 heavy (non-hydrogen) atoms. The third-order valence-corrected chi connectivity index (χ3v) is 0.951. The van der Waals surface area contributed by atoms with Gasteiger partial charge in [0.05, 0.1) is 5.76 Å². The van der Waals surface area contributed by atoms with Gasteiger partial charge in [-0.3, -0.25) is 0 Å². The van der Waals surface area contributed by atoms with Gasteiger partial charge in [-0.25, -0.2) is 0 Å². The van der Waals surface area contributed by atoms with Gasteiger partial charge in [-0.15, -0.1) is 0 Å². The van der Waals surface area contributed by atoms with E-state index >= 15 is 0 Å². The van der Waals surface area contributed by atoms with Crippen molar-refractivity contribution in [3.05, 3.63) is 11.8 Å². The van der Waals surface area contributed by atoms with Crippen molar-refractivity contribution >= 4 is 0 Å². The standard InChI is InChI=1S/C7H14O/c1-4-7(8)5-6(2)3/h4,6,8H,5H2,1-3H3/b7-4-. The zero-order valence-electron chi connectivity index (χ0n) is 5.81. The van der Waals surface area contributed by atoms with Crippen LogP contribution in [0.5, 0.6) is 0 Å². The first-order valence-electron chi connectivity index (χ1n) is 3.01. The molecule has 0 unspecified atom stereocenters. The molecule has 48 valence electrons. The van der Waals surface area contributed by atoms with E-state index in [4.69, 9.17) is 5.11 Å². The van der Waals surface area contributed by atoms with E-state index in [0.717, 1.165) is 6.42 Å². The Balaban J connectivity index is 3.39. The van der Waals surface area contributed by atoms with Crippen molar-refractivity contribution in [1.82, 2.24) is 0 Å². The molecule has 0 aliphatic heterocycles. The molecular weight excluding hydrogens is 100 g/mol. The molecule has 1 N–H and O–H groups in total. The number of aliphatic hydroxyl groups is 1. The number of hydrogen-bond acceptors (Lipinski definition) is 1. The SMILES string of the molecule is C/C=C(\O)CC(C)C. The summed E-state index contributed by atoms with van der Waals surface area (Å²) in [6, 6.07) is 0. The summed E-state index contributed by atoms with van der Waals surface area (Å²) in [5.74, 6) is 1.06. The van der Waals surface area contributed by atoms with Gasteiger partial charge in [-0.05, 0) is 18.9 Å². The highest BCUT2D eigenvalue weighted by Gasteiger charge is 1.94. The molecule has 0 radical (unpaired) electrons. The Morgan fingerprint density at radius 2 is 2.12 bits per heavy atom. The molecule has 0 heterocycles. The van der Waals surface area contributed by atoms with Crippen LogP contribution in [0.4, 0.5) is 0 Å². The van der Waals surface area contributed by atoms with Crippen molar-refractivity contribution in [3.63, 3.8) is 0 Å². The first-order chi connectivity index (χ1) is 3.66. The van der Waals surface area contributed by atoms with Crippen LogP contribution in [0, 0.1) is 5.92 Å². The first kappa shape index (κ1) is 7.54. The summed E-state index contributed by atoms with van der Waals surface area (Å²) in [7, 11) is 0. The van der Waals surface area contributed by atoms with Crippen LogP contribution < -0.4 is 0 Å². The minimum atomic E-state index is 0.500. The zero-order valence-corrected chi connectivity index (χ0v) is 5.81. The Kier molecular flexibility index (Phi) is 3.33. The van der Waals surface area contributed by atoms with Crippen molar-refractivity contribution in [2.24, 2.45) is 5.92 Å². The van der Waals surface area contributed by atoms with Crippen molar-refractivity contribution in [1.29, 1.82) is 0 Å². The second-order valence-corrected chi connectivity index (χ2v) is 2.38. The molecule has 0 bridgehead atoms. The lowest BCUT2D eigenvalue weighted by atomic mass is 10.1. The number of rotatable bonds is 2. The van der Waals surface area contributed by atoms with Gasteiger partial charge in [-0.2, -0.15) is 0 Å². The molecule has 0 aromatic heterocycles. The quantitative estimate of drug-likeness (QED) is 0.547. The number of hydrogen-bond donors (Lipinski definition) is 1. The van der Waals surface area contributed by atoms with Crippen LogP contribution >= 0.6 is 0 Å². The second-order valence-electron chi connectivity index (χ2n) is 2.38. The lowest BCUT2D eigenvalue weighted by molar-refractivity contribution is 0.364. The summed E-state index contributed by atoms with van der Waals surface area (Å²) < 4.78 is 0. The first-order valence-corrected chi connectivity index (χ1v) is 3.01. The fourth-order valence-corrected chi connectivity index (χ4v) is 0.536. The van der Waals surface area contributed by atoms with Gasteiger partial charge in [0.15, 0.2) is 0 Å². The average molecular weight is 114 g/mol. The van der Waals surface area contributed by atoms with Gasteiger partial charge < -0.3 is 5.11 Å². The molecule has 0 saturated carbocycles. The van der Waals surface area contributed by atoms with E-state index in [9.17, 15) is 0 Å². The van der Waals surface area contributed by atoms with Crippen molar-refractivity contribution in [3.8, 4) is 0 Å². The summed E-state index contributed by atoms with van der Waals surface area (Å²) in [6.45, 7) is 6.01. The smallest absolute Gasteiger partial charge is 0.0882 e. The average Bonchev–Trinajstić information content (AvgIpc) is 1.65. The van der Waals surface area contributed by atoms with Gasteiger partial charge in [0.25, 0.3) is 0 Å². The Morgan fingerprint density at radius 1 is 1.62 bits per heavy atom. The van der Waals surface area contributed by atoms with Crippen molar-refractivity contribution < 1.29 is 5.11 Å². The summed E-state index contributed by atoms with van der Waals surface area (Å²) in [6.07, 6.45) is 2.54. The normalized spacial score (nSPS) is 12.8. The van der Waals surface area contributed by atoms with Crippen LogP contribution in [0.3, 0.4) is 0 Å². The van der Waals surface area contributed by atoms with Gasteiger partial charge in [0.2, 0.25) is 0 Å². The van der Waals surface area contributed by atoms with E-state index in [-0.39, 0.29) is 0 Å². The summed E-state index contributed by atoms with van der Waals surface area (Å²) in [5, 5.41) is 8.89. The maximum absolute atomic E-state index is 8.89. The number of allylic oxidation sites excluding steroid dienone is 2. The van der Waals surface area contributed by atoms with Crippen LogP contribution in [0.25, 0.3) is 0 Å². The molecule has 0 atom stereocenters. The third-order valence-electron chi connectivity index (χ3n) is 0.951. The summed E-state index contributed by atoms with van der Waals surface area (Å²) in [4.78, 5) is 0. The highest BCUT2D eigenvalue weighted by Crippen LogP contribution is 2.05.